The molecule has 2 aliphatic rings. The molecule has 0 aliphatic carbocycles. The SMILES string of the molecule is c1ccc(-c2ccc3c(c2)C2(c4ccccc4S3)c3ccccc3Sc3ccc(-c4cccc5c4c4ccccc4n5-c4ccccc4)cc32)cc1. The summed E-state index contributed by atoms with van der Waals surface area (Å²) in [5.74, 6) is 0. The summed E-state index contributed by atoms with van der Waals surface area (Å²) in [6.45, 7) is 0. The molecule has 0 bridgehead atoms. The number of nitrogens with zero attached hydrogens (tertiary/aromatic N) is 1. The first-order chi connectivity index (χ1) is 25.8. The van der Waals surface area contributed by atoms with Crippen molar-refractivity contribution in [1.29, 1.82) is 0 Å². The molecule has 9 aromatic rings. The summed E-state index contributed by atoms with van der Waals surface area (Å²) in [5, 5.41) is 2.55. The predicted octanol–water partition coefficient (Wildman–Crippen LogP) is 13.4. The topological polar surface area (TPSA) is 4.93 Å². The Hall–Kier alpha value is -5.74. The number of fused-ring (bicyclic) bond motifs is 11. The van der Waals surface area contributed by atoms with E-state index in [2.05, 4.69) is 193 Å². The molecule has 1 spiro atoms. The molecule has 0 radical (unpaired) electrons. The smallest absolute Gasteiger partial charge is 0.0745 e. The maximum atomic E-state index is 2.52. The highest BCUT2D eigenvalue weighted by atomic mass is 32.2. The van der Waals surface area contributed by atoms with Gasteiger partial charge in [-0.05, 0) is 105 Å². The zero-order valence-corrected chi connectivity index (χ0v) is 29.8. The quantitative estimate of drug-likeness (QED) is 0.181. The maximum absolute atomic E-state index is 2.52. The van der Waals surface area contributed by atoms with Crippen LogP contribution in [0.3, 0.4) is 0 Å². The number of aromatic nitrogens is 1. The first-order valence-corrected chi connectivity index (χ1v) is 19.4. The molecule has 1 nitrogen and oxygen atoms in total. The Morgan fingerprint density at radius 3 is 1.62 bits per heavy atom. The van der Waals surface area contributed by atoms with Gasteiger partial charge in [0.1, 0.15) is 0 Å². The summed E-state index contributed by atoms with van der Waals surface area (Å²) < 4.78 is 2.41. The number of rotatable bonds is 3. The van der Waals surface area contributed by atoms with Gasteiger partial charge in [0.05, 0.1) is 16.4 Å². The lowest BCUT2D eigenvalue weighted by Gasteiger charge is -2.46. The summed E-state index contributed by atoms with van der Waals surface area (Å²) in [7, 11) is 0. The van der Waals surface area contributed by atoms with E-state index in [0.717, 1.165) is 0 Å². The molecule has 1 aromatic heterocycles. The Bertz CT molecular complexity index is 2810. The van der Waals surface area contributed by atoms with Crippen LogP contribution in [0.1, 0.15) is 22.3 Å². The van der Waals surface area contributed by atoms with Gasteiger partial charge in [-0.15, -0.1) is 0 Å². The third-order valence-electron chi connectivity index (χ3n) is 10.9. The molecule has 0 amide bonds. The standard InChI is InChI=1S/C49H31NS2/c1-3-14-32(15-4-1)33-26-28-46-40(30-33)49(38-20-8-11-24-44(38)51-46)39-21-9-12-25-45(39)52-47-29-27-34(31-41(47)49)36-19-13-23-43-48(36)37-18-7-10-22-42(37)50(43)35-16-5-2-6-17-35/h1-31H. The lowest BCUT2D eigenvalue weighted by Crippen LogP contribution is -2.36. The van der Waals surface area contributed by atoms with Gasteiger partial charge in [0.2, 0.25) is 0 Å². The van der Waals surface area contributed by atoms with Crippen LogP contribution in [0.4, 0.5) is 0 Å². The number of para-hydroxylation sites is 2. The average molecular weight is 698 g/mol. The van der Waals surface area contributed by atoms with E-state index < -0.39 is 5.41 Å². The molecule has 52 heavy (non-hydrogen) atoms. The van der Waals surface area contributed by atoms with Gasteiger partial charge >= 0.3 is 0 Å². The van der Waals surface area contributed by atoms with E-state index in [1.807, 2.05) is 23.5 Å². The Balaban J connectivity index is 1.23. The lowest BCUT2D eigenvalue weighted by atomic mass is 9.64. The van der Waals surface area contributed by atoms with Crippen LogP contribution in [-0.4, -0.2) is 4.57 Å². The number of hydrogen-bond donors (Lipinski definition) is 0. The zero-order chi connectivity index (χ0) is 34.2. The molecule has 0 N–H and O–H groups in total. The highest BCUT2D eigenvalue weighted by Gasteiger charge is 2.49. The minimum Gasteiger partial charge on any atom is -0.309 e. The molecule has 8 aromatic carbocycles. The Kier molecular flexibility index (Phi) is 6.70. The van der Waals surface area contributed by atoms with Crippen molar-refractivity contribution in [3.63, 3.8) is 0 Å². The first kappa shape index (κ1) is 29.9. The van der Waals surface area contributed by atoms with Crippen molar-refractivity contribution < 1.29 is 0 Å². The van der Waals surface area contributed by atoms with E-state index in [1.165, 1.54) is 91.6 Å². The monoisotopic (exact) mass is 697 g/mol. The fourth-order valence-corrected chi connectivity index (χ4v) is 11.1. The molecule has 0 saturated heterocycles. The summed E-state index contributed by atoms with van der Waals surface area (Å²) in [5.41, 5.74) is 13.5. The van der Waals surface area contributed by atoms with Gasteiger partial charge in [0.15, 0.2) is 0 Å². The molecule has 3 heterocycles. The van der Waals surface area contributed by atoms with Crippen LogP contribution in [-0.2, 0) is 5.41 Å². The summed E-state index contributed by atoms with van der Waals surface area (Å²) in [6.07, 6.45) is 0. The summed E-state index contributed by atoms with van der Waals surface area (Å²) >= 11 is 3.80. The second kappa shape index (κ2) is 11.6. The van der Waals surface area contributed by atoms with E-state index >= 15 is 0 Å². The number of hydrogen-bond acceptors (Lipinski definition) is 2. The Morgan fingerprint density at radius 1 is 0.365 bits per heavy atom. The Labute approximate surface area is 311 Å². The first-order valence-electron chi connectivity index (χ1n) is 17.8. The molecule has 3 heteroatoms. The van der Waals surface area contributed by atoms with E-state index in [1.54, 1.807) is 0 Å². The second-order valence-corrected chi connectivity index (χ2v) is 15.8. The highest BCUT2D eigenvalue weighted by molar-refractivity contribution is 8.00. The molecule has 1 unspecified atom stereocenters. The van der Waals surface area contributed by atoms with Crippen LogP contribution in [0.5, 0.6) is 0 Å². The predicted molar refractivity (Wildman–Crippen MR) is 218 cm³/mol. The molecule has 2 aliphatic heterocycles. The summed E-state index contributed by atoms with van der Waals surface area (Å²) in [6, 6.07) is 69.8. The molecular formula is C49H31NS2. The molecule has 0 fully saturated rings. The van der Waals surface area contributed by atoms with E-state index in [-0.39, 0.29) is 0 Å². The molecular weight excluding hydrogens is 667 g/mol. The van der Waals surface area contributed by atoms with Crippen molar-refractivity contribution in [1.82, 2.24) is 4.57 Å². The van der Waals surface area contributed by atoms with E-state index in [0.29, 0.717) is 0 Å². The van der Waals surface area contributed by atoms with E-state index in [4.69, 9.17) is 0 Å². The highest BCUT2D eigenvalue weighted by Crippen LogP contribution is 2.62. The van der Waals surface area contributed by atoms with Crippen molar-refractivity contribution in [2.45, 2.75) is 25.0 Å². The molecule has 1 atom stereocenters. The Morgan fingerprint density at radius 2 is 0.904 bits per heavy atom. The fourth-order valence-electron chi connectivity index (χ4n) is 8.76. The van der Waals surface area contributed by atoms with Crippen LogP contribution < -0.4 is 0 Å². The molecule has 244 valence electrons. The van der Waals surface area contributed by atoms with Crippen molar-refractivity contribution in [2.24, 2.45) is 0 Å². The zero-order valence-electron chi connectivity index (χ0n) is 28.2. The van der Waals surface area contributed by atoms with Crippen LogP contribution >= 0.6 is 23.5 Å². The van der Waals surface area contributed by atoms with Gasteiger partial charge in [-0.1, -0.05) is 151 Å². The summed E-state index contributed by atoms with van der Waals surface area (Å²) in [4.78, 5) is 5.24. The van der Waals surface area contributed by atoms with Crippen molar-refractivity contribution in [3.05, 3.63) is 210 Å². The lowest BCUT2D eigenvalue weighted by molar-refractivity contribution is 0.668. The third-order valence-corrected chi connectivity index (χ3v) is 13.2. The largest absolute Gasteiger partial charge is 0.309 e. The normalized spacial score (nSPS) is 15.6. The maximum Gasteiger partial charge on any atom is 0.0745 e. The fraction of sp³-hybridized carbons (Fsp3) is 0.0204. The minimum absolute atomic E-state index is 0.499. The number of benzene rings is 8. The van der Waals surface area contributed by atoms with E-state index in [9.17, 15) is 0 Å². The second-order valence-electron chi connectivity index (χ2n) is 13.6. The van der Waals surface area contributed by atoms with Gasteiger partial charge in [-0.25, -0.2) is 0 Å². The van der Waals surface area contributed by atoms with Crippen LogP contribution in [0.25, 0.3) is 49.7 Å². The van der Waals surface area contributed by atoms with Gasteiger partial charge in [0, 0.05) is 36.0 Å². The van der Waals surface area contributed by atoms with Gasteiger partial charge < -0.3 is 4.57 Å². The van der Waals surface area contributed by atoms with Crippen molar-refractivity contribution >= 4 is 45.3 Å². The van der Waals surface area contributed by atoms with Crippen LogP contribution in [0.15, 0.2) is 208 Å². The minimum atomic E-state index is -0.499. The average Bonchev–Trinajstić information content (AvgIpc) is 3.56. The van der Waals surface area contributed by atoms with Crippen molar-refractivity contribution in [2.75, 3.05) is 0 Å². The van der Waals surface area contributed by atoms with Gasteiger partial charge in [-0.2, -0.15) is 0 Å². The van der Waals surface area contributed by atoms with Crippen molar-refractivity contribution in [3.8, 4) is 27.9 Å². The van der Waals surface area contributed by atoms with Crippen LogP contribution in [0.2, 0.25) is 0 Å². The van der Waals surface area contributed by atoms with Crippen LogP contribution in [0, 0.1) is 0 Å². The van der Waals surface area contributed by atoms with Gasteiger partial charge in [0.25, 0.3) is 0 Å². The third kappa shape index (κ3) is 4.27. The van der Waals surface area contributed by atoms with Gasteiger partial charge in [-0.3, -0.25) is 0 Å². The molecule has 11 rings (SSSR count). The molecule has 0 saturated carbocycles.